The first kappa shape index (κ1) is 20.3. The van der Waals surface area contributed by atoms with E-state index in [0.717, 1.165) is 30.2 Å². The summed E-state index contributed by atoms with van der Waals surface area (Å²) in [6, 6.07) is 24.2. The summed E-state index contributed by atoms with van der Waals surface area (Å²) in [4.78, 5) is 2.23. The fourth-order valence-corrected chi connectivity index (χ4v) is 4.05. The molecule has 0 aliphatic carbocycles. The molecule has 30 heavy (non-hydrogen) atoms. The predicted octanol–water partition coefficient (Wildman–Crippen LogP) is 5.03. The van der Waals surface area contributed by atoms with Crippen LogP contribution in [0.25, 0.3) is 0 Å². The Balaban J connectivity index is 1.62. The van der Waals surface area contributed by atoms with E-state index in [1.54, 1.807) is 6.07 Å². The van der Waals surface area contributed by atoms with Crippen LogP contribution in [0.15, 0.2) is 72.8 Å². The zero-order chi connectivity index (χ0) is 20.9. The Morgan fingerprint density at radius 2 is 1.77 bits per heavy atom. The molecule has 0 fully saturated rings. The van der Waals surface area contributed by atoms with E-state index in [4.69, 9.17) is 9.47 Å². The van der Waals surface area contributed by atoms with E-state index in [-0.39, 0.29) is 17.6 Å². The van der Waals surface area contributed by atoms with Crippen LogP contribution in [-0.4, -0.2) is 43.4 Å². The van der Waals surface area contributed by atoms with Crippen molar-refractivity contribution < 1.29 is 14.6 Å². The van der Waals surface area contributed by atoms with Gasteiger partial charge in [0.05, 0.1) is 6.61 Å². The van der Waals surface area contributed by atoms with Gasteiger partial charge in [-0.2, -0.15) is 0 Å². The monoisotopic (exact) mass is 403 g/mol. The van der Waals surface area contributed by atoms with Gasteiger partial charge in [0, 0.05) is 23.9 Å². The van der Waals surface area contributed by atoms with Gasteiger partial charge >= 0.3 is 0 Å². The Bertz CT molecular complexity index is 956. The number of fused-ring (bicyclic) bond motifs is 1. The average Bonchev–Trinajstić information content (AvgIpc) is 2.79. The van der Waals surface area contributed by atoms with Crippen molar-refractivity contribution in [3.63, 3.8) is 0 Å². The summed E-state index contributed by atoms with van der Waals surface area (Å²) in [6.45, 7) is 5.33. The molecule has 1 heterocycles. The molecule has 1 N–H and O–H groups in total. The number of rotatable bonds is 7. The normalized spacial score (nSPS) is 18.0. The molecule has 4 rings (SSSR count). The summed E-state index contributed by atoms with van der Waals surface area (Å²) in [7, 11) is 2.09. The summed E-state index contributed by atoms with van der Waals surface area (Å²) in [5, 5.41) is 10.1. The summed E-state index contributed by atoms with van der Waals surface area (Å²) >= 11 is 0. The molecular weight excluding hydrogens is 374 g/mol. The molecule has 3 aromatic carbocycles. The molecule has 0 bridgehead atoms. The van der Waals surface area contributed by atoms with Gasteiger partial charge in [0.2, 0.25) is 0 Å². The summed E-state index contributed by atoms with van der Waals surface area (Å²) in [6.07, 6.45) is 0. The summed E-state index contributed by atoms with van der Waals surface area (Å²) in [5.41, 5.74) is 3.45. The van der Waals surface area contributed by atoms with Crippen molar-refractivity contribution in [3.05, 3.63) is 89.5 Å². The van der Waals surface area contributed by atoms with E-state index in [1.807, 2.05) is 30.3 Å². The zero-order valence-electron chi connectivity index (χ0n) is 17.6. The number of hydrogen-bond acceptors (Lipinski definition) is 4. The van der Waals surface area contributed by atoms with E-state index < -0.39 is 0 Å². The molecule has 0 saturated carbocycles. The second-order valence-corrected chi connectivity index (χ2v) is 7.84. The van der Waals surface area contributed by atoms with Crippen LogP contribution in [0.5, 0.6) is 17.2 Å². The minimum absolute atomic E-state index is 0.100. The van der Waals surface area contributed by atoms with Crippen LogP contribution in [-0.2, 0) is 0 Å². The van der Waals surface area contributed by atoms with E-state index in [0.29, 0.717) is 13.2 Å². The topological polar surface area (TPSA) is 41.9 Å². The number of hydrogen-bond donors (Lipinski definition) is 1. The van der Waals surface area contributed by atoms with Crippen LogP contribution in [0, 0.1) is 0 Å². The summed E-state index contributed by atoms with van der Waals surface area (Å²) in [5.74, 6) is 2.25. The molecule has 2 atom stereocenters. The lowest BCUT2D eigenvalue weighted by Gasteiger charge is -2.34. The Hall–Kier alpha value is -2.98. The van der Waals surface area contributed by atoms with Crippen LogP contribution >= 0.6 is 0 Å². The number of aromatic hydroxyl groups is 1. The standard InChI is InChI=1S/C26H29NO3/c1-3-27(2)15-16-29-22-12-9-20(10-13-22)26-23-17-21(28)11-14-25(23)30-18-24(26)19-7-5-4-6-8-19/h4-14,17,24,26,28H,3,15-16,18H2,1-2H3/t24-,26-/m1/s1. The Morgan fingerprint density at radius 1 is 1.00 bits per heavy atom. The lowest BCUT2D eigenvalue weighted by molar-refractivity contribution is 0.243. The second-order valence-electron chi connectivity index (χ2n) is 7.84. The van der Waals surface area contributed by atoms with Gasteiger partial charge in [0.25, 0.3) is 0 Å². The quantitative estimate of drug-likeness (QED) is 0.601. The van der Waals surface area contributed by atoms with Gasteiger partial charge in [-0.3, -0.25) is 0 Å². The number of phenols is 1. The maximum Gasteiger partial charge on any atom is 0.123 e. The highest BCUT2D eigenvalue weighted by molar-refractivity contribution is 5.51. The smallest absolute Gasteiger partial charge is 0.123 e. The largest absolute Gasteiger partial charge is 0.508 e. The maximum atomic E-state index is 10.1. The number of benzene rings is 3. The van der Waals surface area contributed by atoms with E-state index in [2.05, 4.69) is 55.3 Å². The molecular formula is C26H29NO3. The van der Waals surface area contributed by atoms with Crippen molar-refractivity contribution in [3.8, 4) is 17.2 Å². The van der Waals surface area contributed by atoms with Crippen LogP contribution in [0.2, 0.25) is 0 Å². The number of likely N-dealkylation sites (N-methyl/N-ethyl adjacent to an activating group) is 1. The van der Waals surface area contributed by atoms with Gasteiger partial charge in [-0.15, -0.1) is 0 Å². The highest BCUT2D eigenvalue weighted by Crippen LogP contribution is 2.47. The molecule has 0 amide bonds. The van der Waals surface area contributed by atoms with Crippen molar-refractivity contribution in [2.24, 2.45) is 0 Å². The second kappa shape index (κ2) is 9.23. The van der Waals surface area contributed by atoms with Crippen molar-refractivity contribution >= 4 is 0 Å². The molecule has 3 aromatic rings. The molecule has 0 spiro atoms. The number of nitrogens with zero attached hydrogens (tertiary/aromatic N) is 1. The van der Waals surface area contributed by atoms with Gasteiger partial charge in [-0.05, 0) is 55.1 Å². The highest BCUT2D eigenvalue weighted by Gasteiger charge is 2.33. The van der Waals surface area contributed by atoms with Gasteiger partial charge in [-0.1, -0.05) is 49.4 Å². The third-order valence-corrected chi connectivity index (χ3v) is 5.90. The third kappa shape index (κ3) is 4.44. The van der Waals surface area contributed by atoms with Crippen LogP contribution in [0.1, 0.15) is 35.4 Å². The first-order valence-corrected chi connectivity index (χ1v) is 10.6. The third-order valence-electron chi connectivity index (χ3n) is 5.90. The molecule has 0 radical (unpaired) electrons. The molecule has 0 saturated heterocycles. The Morgan fingerprint density at radius 3 is 2.50 bits per heavy atom. The fourth-order valence-electron chi connectivity index (χ4n) is 4.05. The maximum absolute atomic E-state index is 10.1. The first-order valence-electron chi connectivity index (χ1n) is 10.6. The average molecular weight is 404 g/mol. The van der Waals surface area contributed by atoms with Crippen molar-refractivity contribution in [2.45, 2.75) is 18.8 Å². The molecule has 1 aliphatic rings. The van der Waals surface area contributed by atoms with Gasteiger partial charge in [0.1, 0.15) is 23.9 Å². The lowest BCUT2D eigenvalue weighted by atomic mass is 9.76. The van der Waals surface area contributed by atoms with Gasteiger partial charge in [-0.25, -0.2) is 0 Å². The number of ether oxygens (including phenoxy) is 2. The van der Waals surface area contributed by atoms with E-state index in [1.165, 1.54) is 11.1 Å². The van der Waals surface area contributed by atoms with Crippen molar-refractivity contribution in [1.29, 1.82) is 0 Å². The van der Waals surface area contributed by atoms with E-state index in [9.17, 15) is 5.11 Å². The Labute approximate surface area is 178 Å². The predicted molar refractivity (Wildman–Crippen MR) is 120 cm³/mol. The fraction of sp³-hybridized carbons (Fsp3) is 0.308. The minimum atomic E-state index is 0.100. The van der Waals surface area contributed by atoms with Crippen LogP contribution in [0.3, 0.4) is 0 Å². The summed E-state index contributed by atoms with van der Waals surface area (Å²) < 4.78 is 12.0. The molecule has 4 nitrogen and oxygen atoms in total. The molecule has 0 aromatic heterocycles. The minimum Gasteiger partial charge on any atom is -0.508 e. The van der Waals surface area contributed by atoms with Crippen molar-refractivity contribution in [1.82, 2.24) is 4.90 Å². The van der Waals surface area contributed by atoms with Gasteiger partial charge < -0.3 is 19.5 Å². The first-order chi connectivity index (χ1) is 14.7. The molecule has 4 heteroatoms. The van der Waals surface area contributed by atoms with Gasteiger partial charge in [0.15, 0.2) is 0 Å². The lowest BCUT2D eigenvalue weighted by Crippen LogP contribution is -2.25. The van der Waals surface area contributed by atoms with Crippen molar-refractivity contribution in [2.75, 3.05) is 33.4 Å². The SMILES string of the molecule is CCN(C)CCOc1ccc([C@@H]2c3cc(O)ccc3OC[C@@H]2c2ccccc2)cc1. The van der Waals surface area contributed by atoms with Crippen LogP contribution < -0.4 is 9.47 Å². The molecule has 156 valence electrons. The molecule has 1 aliphatic heterocycles. The highest BCUT2D eigenvalue weighted by atomic mass is 16.5. The zero-order valence-corrected chi connectivity index (χ0v) is 17.6. The van der Waals surface area contributed by atoms with E-state index >= 15 is 0 Å². The molecule has 0 unspecified atom stereocenters. The number of phenolic OH excluding ortho intramolecular Hbond substituents is 1. The van der Waals surface area contributed by atoms with Crippen LogP contribution in [0.4, 0.5) is 0 Å². The Kier molecular flexibility index (Phi) is 6.24.